The number of carbonyl (C=O) groups is 1. The zero-order chi connectivity index (χ0) is 23.6. The van der Waals surface area contributed by atoms with E-state index >= 15 is 0 Å². The largest absolute Gasteiger partial charge is 0.462 e. The van der Waals surface area contributed by atoms with Gasteiger partial charge in [0, 0.05) is 30.1 Å². The van der Waals surface area contributed by atoms with E-state index in [4.69, 9.17) is 27.9 Å². The number of ether oxygens (including phenoxy) is 1. The molecule has 0 radical (unpaired) electrons. The Kier molecular flexibility index (Phi) is 7.00. The first-order valence-electron chi connectivity index (χ1n) is 9.56. The van der Waals surface area contributed by atoms with Crippen molar-refractivity contribution in [3.8, 4) is 11.3 Å². The summed E-state index contributed by atoms with van der Waals surface area (Å²) < 4.78 is 46.5. The topological polar surface area (TPSA) is 66.1 Å². The second kappa shape index (κ2) is 9.38. The van der Waals surface area contributed by atoms with Crippen molar-refractivity contribution in [3.05, 3.63) is 73.7 Å². The molecule has 2 aromatic heterocycles. The maximum Gasteiger partial charge on any atom is 0.435 e. The minimum Gasteiger partial charge on any atom is -0.462 e. The minimum absolute atomic E-state index is 0.0560. The van der Waals surface area contributed by atoms with Gasteiger partial charge in [0.1, 0.15) is 5.56 Å². The highest BCUT2D eigenvalue weighted by Gasteiger charge is 2.33. The van der Waals surface area contributed by atoms with Crippen LogP contribution in [0.1, 0.15) is 35.6 Å². The second-order valence-corrected chi connectivity index (χ2v) is 7.53. The molecule has 1 aromatic carbocycles. The van der Waals surface area contributed by atoms with E-state index < -0.39 is 23.3 Å². The van der Waals surface area contributed by atoms with Gasteiger partial charge in [0.25, 0.3) is 0 Å². The van der Waals surface area contributed by atoms with Crippen LogP contribution in [0.15, 0.2) is 41.3 Å². The fourth-order valence-corrected chi connectivity index (χ4v) is 3.60. The number of benzene rings is 1. The molecule has 0 bridgehead atoms. The number of carbonyl (C=O) groups excluding carboxylic acids is 1. The maximum absolute atomic E-state index is 12.9. The van der Waals surface area contributed by atoms with Crippen molar-refractivity contribution in [2.24, 2.45) is 0 Å². The number of hydrogen-bond acceptors (Lipinski definition) is 4. The highest BCUT2D eigenvalue weighted by Crippen LogP contribution is 2.31. The summed E-state index contributed by atoms with van der Waals surface area (Å²) in [6, 6.07) is 6.67. The van der Waals surface area contributed by atoms with Crippen molar-refractivity contribution < 1.29 is 22.7 Å². The molecule has 0 aliphatic rings. The zero-order valence-corrected chi connectivity index (χ0v) is 18.6. The van der Waals surface area contributed by atoms with Crippen molar-refractivity contribution >= 4 is 29.2 Å². The lowest BCUT2D eigenvalue weighted by Crippen LogP contribution is -2.26. The predicted octanol–water partition coefficient (Wildman–Crippen LogP) is 5.28. The third kappa shape index (κ3) is 4.83. The number of hydrogen-bond donors (Lipinski definition) is 0. The summed E-state index contributed by atoms with van der Waals surface area (Å²) in [6.07, 6.45) is -3.42. The molecule has 3 rings (SSSR count). The third-order valence-corrected chi connectivity index (χ3v) is 5.38. The van der Waals surface area contributed by atoms with E-state index in [1.54, 1.807) is 24.5 Å². The molecule has 32 heavy (non-hydrogen) atoms. The average molecular weight is 488 g/mol. The Hall–Kier alpha value is -2.78. The normalized spacial score (nSPS) is 11.6. The number of esters is 1. The van der Waals surface area contributed by atoms with Gasteiger partial charge in [0.2, 0.25) is 0 Å². The molecule has 0 saturated carbocycles. The Bertz CT molecular complexity index is 1220. The lowest BCUT2D eigenvalue weighted by atomic mass is 10.0. The van der Waals surface area contributed by atoms with Gasteiger partial charge in [-0.15, -0.1) is 0 Å². The van der Waals surface area contributed by atoms with E-state index in [-0.39, 0.29) is 34.5 Å². The van der Waals surface area contributed by atoms with E-state index in [2.05, 4.69) is 5.10 Å². The lowest BCUT2D eigenvalue weighted by Gasteiger charge is -2.20. The Balaban J connectivity index is 2.23. The van der Waals surface area contributed by atoms with Crippen LogP contribution >= 0.6 is 23.2 Å². The molecule has 0 N–H and O–H groups in total. The second-order valence-electron chi connectivity index (χ2n) is 6.71. The zero-order valence-electron chi connectivity index (χ0n) is 17.0. The molecule has 0 aliphatic heterocycles. The minimum atomic E-state index is -4.59. The Morgan fingerprint density at radius 3 is 2.41 bits per heavy atom. The monoisotopic (exact) mass is 487 g/mol. The van der Waals surface area contributed by atoms with Crippen molar-refractivity contribution in [1.29, 1.82) is 0 Å². The van der Waals surface area contributed by atoms with Crippen LogP contribution in [0.25, 0.3) is 11.3 Å². The molecule has 11 heteroatoms. The summed E-state index contributed by atoms with van der Waals surface area (Å²) in [7, 11) is 0. The van der Waals surface area contributed by atoms with E-state index in [9.17, 15) is 22.8 Å². The van der Waals surface area contributed by atoms with E-state index in [1.807, 2.05) is 0 Å². The Labute approximate surface area is 191 Å². The first-order chi connectivity index (χ1) is 15.1. The first-order valence-corrected chi connectivity index (χ1v) is 10.3. The molecule has 0 spiro atoms. The molecule has 6 nitrogen and oxygen atoms in total. The summed E-state index contributed by atoms with van der Waals surface area (Å²) in [5.41, 5.74) is -0.867. The van der Waals surface area contributed by atoms with Crippen molar-refractivity contribution in [2.75, 3.05) is 6.61 Å². The quantitative estimate of drug-likeness (QED) is 0.443. The molecular weight excluding hydrogens is 470 g/mol. The molecule has 0 aliphatic carbocycles. The summed E-state index contributed by atoms with van der Waals surface area (Å²) in [5, 5.41) is 4.04. The molecule has 0 unspecified atom stereocenters. The molecule has 3 aromatic rings. The molecular formula is C21H18Cl2F3N3O3. The fraction of sp³-hybridized carbons (Fsp3) is 0.286. The Morgan fingerprint density at radius 2 is 1.84 bits per heavy atom. The Morgan fingerprint density at radius 1 is 1.12 bits per heavy atom. The van der Waals surface area contributed by atoms with Crippen molar-refractivity contribution in [1.82, 2.24) is 14.3 Å². The summed E-state index contributed by atoms with van der Waals surface area (Å²) in [6.45, 7) is 3.61. The standard InChI is InChI=1S/C21H18Cl2F3N3O3/c1-3-29-13(11-28-8-7-17(27-28)21(24,25)26)10-16(30)18(20(31)32-4-2)19(29)12-5-6-14(22)15(23)9-12/h5-10H,3-4,11H2,1-2H3. The van der Waals surface area contributed by atoms with Crippen LogP contribution in [0.2, 0.25) is 10.0 Å². The van der Waals surface area contributed by atoms with Crippen LogP contribution in [0.3, 0.4) is 0 Å². The fourth-order valence-electron chi connectivity index (χ4n) is 3.30. The number of aromatic nitrogens is 3. The van der Waals surface area contributed by atoms with Gasteiger partial charge in [0.15, 0.2) is 11.1 Å². The van der Waals surface area contributed by atoms with Gasteiger partial charge in [0.05, 0.1) is 28.9 Å². The smallest absolute Gasteiger partial charge is 0.435 e. The van der Waals surface area contributed by atoms with Crippen molar-refractivity contribution in [2.45, 2.75) is 33.1 Å². The number of rotatable bonds is 6. The molecule has 0 fully saturated rings. The predicted molar refractivity (Wildman–Crippen MR) is 114 cm³/mol. The number of pyridine rings is 1. The highest BCUT2D eigenvalue weighted by molar-refractivity contribution is 6.42. The van der Waals surface area contributed by atoms with Gasteiger partial charge in [-0.3, -0.25) is 9.48 Å². The highest BCUT2D eigenvalue weighted by atomic mass is 35.5. The maximum atomic E-state index is 12.9. The van der Waals surface area contributed by atoms with Crippen LogP contribution in [-0.4, -0.2) is 26.9 Å². The molecule has 2 heterocycles. The molecule has 0 saturated heterocycles. The van der Waals surface area contributed by atoms with Gasteiger partial charge in [-0.1, -0.05) is 29.3 Å². The number of nitrogens with zero attached hydrogens (tertiary/aromatic N) is 3. The van der Waals surface area contributed by atoms with Crippen LogP contribution < -0.4 is 5.43 Å². The molecule has 0 amide bonds. The van der Waals surface area contributed by atoms with E-state index in [0.29, 0.717) is 17.8 Å². The van der Waals surface area contributed by atoms with Gasteiger partial charge in [-0.25, -0.2) is 4.79 Å². The summed E-state index contributed by atoms with van der Waals surface area (Å²) in [5.74, 6) is -0.814. The van der Waals surface area contributed by atoms with Crippen LogP contribution in [0.5, 0.6) is 0 Å². The lowest BCUT2D eigenvalue weighted by molar-refractivity contribution is -0.141. The van der Waals surface area contributed by atoms with Crippen LogP contribution in [0, 0.1) is 0 Å². The average Bonchev–Trinajstić information content (AvgIpc) is 3.19. The number of halogens is 5. The summed E-state index contributed by atoms with van der Waals surface area (Å²) in [4.78, 5) is 25.6. The van der Waals surface area contributed by atoms with Gasteiger partial charge in [-0.2, -0.15) is 18.3 Å². The molecule has 170 valence electrons. The van der Waals surface area contributed by atoms with Crippen LogP contribution in [0.4, 0.5) is 13.2 Å². The number of alkyl halides is 3. The van der Waals surface area contributed by atoms with E-state index in [1.165, 1.54) is 24.4 Å². The molecule has 0 atom stereocenters. The van der Waals surface area contributed by atoms with Crippen LogP contribution in [-0.2, 0) is 24.0 Å². The van der Waals surface area contributed by atoms with Gasteiger partial charge in [-0.05, 0) is 32.0 Å². The van der Waals surface area contributed by atoms with E-state index in [0.717, 1.165) is 10.7 Å². The van der Waals surface area contributed by atoms with Crippen molar-refractivity contribution in [3.63, 3.8) is 0 Å². The van der Waals surface area contributed by atoms with Gasteiger partial charge < -0.3 is 9.30 Å². The first kappa shape index (κ1) is 23.9. The van der Waals surface area contributed by atoms with Gasteiger partial charge >= 0.3 is 12.1 Å². The third-order valence-electron chi connectivity index (χ3n) is 4.64. The SMILES string of the molecule is CCOC(=O)c1c(-c2ccc(Cl)c(Cl)c2)n(CC)c(Cn2ccc(C(F)(F)F)n2)cc1=O. The summed E-state index contributed by atoms with van der Waals surface area (Å²) >= 11 is 12.2.